The Labute approximate surface area is 222 Å². The molecule has 2 aromatic carbocycles. The number of nitrogens with zero attached hydrogens (tertiary/aromatic N) is 3. The smallest absolute Gasteiger partial charge is 0.304 e. The first-order valence-electron chi connectivity index (χ1n) is 11.4. The van der Waals surface area contributed by atoms with E-state index in [2.05, 4.69) is 5.32 Å². The van der Waals surface area contributed by atoms with E-state index in [0.29, 0.717) is 27.9 Å². The quantitative estimate of drug-likeness (QED) is 0.423. The van der Waals surface area contributed by atoms with Gasteiger partial charge in [0.15, 0.2) is 0 Å². The van der Waals surface area contributed by atoms with E-state index in [9.17, 15) is 22.4 Å². The molecule has 1 unspecified atom stereocenters. The van der Waals surface area contributed by atoms with Crippen LogP contribution in [0.2, 0.25) is 10.0 Å². The standard InChI is InChI=1S/C24H31Cl2FN4O4S/c1-5-13-28-24(33)21(6-2)30(15-17-11-12-18(25)19(26)14-17)23(32)16-31(36(34,35)29(3)4)22-10-8-7-9-20(22)27/h7-12,14,21H,5-6,13,15-16H2,1-4H3,(H,28,33). The first kappa shape index (κ1) is 29.8. The molecule has 36 heavy (non-hydrogen) atoms. The van der Waals surface area contributed by atoms with E-state index in [1.54, 1.807) is 25.1 Å². The lowest BCUT2D eigenvalue weighted by molar-refractivity contribution is -0.140. The van der Waals surface area contributed by atoms with Crippen molar-refractivity contribution in [3.8, 4) is 0 Å². The third-order valence-corrected chi connectivity index (χ3v) is 7.96. The van der Waals surface area contributed by atoms with Crippen molar-refractivity contribution in [2.75, 3.05) is 31.5 Å². The van der Waals surface area contributed by atoms with Crippen molar-refractivity contribution >= 4 is 50.9 Å². The number of benzene rings is 2. The molecule has 0 aliphatic carbocycles. The predicted molar refractivity (Wildman–Crippen MR) is 141 cm³/mol. The van der Waals surface area contributed by atoms with Crippen molar-refractivity contribution in [2.24, 2.45) is 0 Å². The van der Waals surface area contributed by atoms with Gasteiger partial charge in [-0.15, -0.1) is 0 Å². The molecule has 8 nitrogen and oxygen atoms in total. The largest absolute Gasteiger partial charge is 0.354 e. The van der Waals surface area contributed by atoms with Gasteiger partial charge in [-0.2, -0.15) is 12.7 Å². The highest BCUT2D eigenvalue weighted by atomic mass is 35.5. The minimum atomic E-state index is -4.26. The van der Waals surface area contributed by atoms with Gasteiger partial charge in [-0.25, -0.2) is 8.70 Å². The average Bonchev–Trinajstić information content (AvgIpc) is 2.83. The van der Waals surface area contributed by atoms with E-state index in [0.717, 1.165) is 10.4 Å². The van der Waals surface area contributed by atoms with Crippen LogP contribution in [-0.2, 0) is 26.3 Å². The van der Waals surface area contributed by atoms with Crippen molar-refractivity contribution in [3.63, 3.8) is 0 Å². The van der Waals surface area contributed by atoms with Crippen LogP contribution in [0.25, 0.3) is 0 Å². The summed E-state index contributed by atoms with van der Waals surface area (Å²) < 4.78 is 42.5. The highest BCUT2D eigenvalue weighted by Gasteiger charge is 2.34. The molecule has 198 valence electrons. The molecule has 0 radical (unpaired) electrons. The summed E-state index contributed by atoms with van der Waals surface area (Å²) in [5.74, 6) is -1.87. The molecule has 0 saturated carbocycles. The van der Waals surface area contributed by atoms with Crippen LogP contribution < -0.4 is 9.62 Å². The van der Waals surface area contributed by atoms with Crippen molar-refractivity contribution in [2.45, 2.75) is 39.3 Å². The molecule has 2 rings (SSSR count). The Kier molecular flexibility index (Phi) is 11.0. The van der Waals surface area contributed by atoms with E-state index >= 15 is 0 Å². The Morgan fingerprint density at radius 2 is 1.72 bits per heavy atom. The van der Waals surface area contributed by atoms with Gasteiger partial charge in [0.05, 0.1) is 15.7 Å². The summed E-state index contributed by atoms with van der Waals surface area (Å²) in [7, 11) is -1.68. The Morgan fingerprint density at radius 1 is 1.06 bits per heavy atom. The molecule has 2 aromatic rings. The summed E-state index contributed by atoms with van der Waals surface area (Å²) >= 11 is 12.2. The lowest BCUT2D eigenvalue weighted by atomic mass is 10.1. The molecule has 2 amide bonds. The second-order valence-electron chi connectivity index (χ2n) is 8.23. The Balaban J connectivity index is 2.52. The van der Waals surface area contributed by atoms with Gasteiger partial charge >= 0.3 is 10.2 Å². The maximum atomic E-state index is 14.7. The number of nitrogens with one attached hydrogen (secondary N) is 1. The molecule has 0 saturated heterocycles. The monoisotopic (exact) mass is 560 g/mol. The molecule has 0 fully saturated rings. The van der Waals surface area contributed by atoms with E-state index in [1.165, 1.54) is 37.2 Å². The van der Waals surface area contributed by atoms with Gasteiger partial charge in [0, 0.05) is 27.2 Å². The Bertz CT molecular complexity index is 1180. The van der Waals surface area contributed by atoms with E-state index in [4.69, 9.17) is 23.2 Å². The fraction of sp³-hybridized carbons (Fsp3) is 0.417. The third kappa shape index (κ3) is 7.32. The zero-order valence-corrected chi connectivity index (χ0v) is 23.0. The van der Waals surface area contributed by atoms with Crippen LogP contribution in [0.15, 0.2) is 42.5 Å². The molecular formula is C24H31Cl2FN4O4S. The number of hydrogen-bond acceptors (Lipinski definition) is 4. The summed E-state index contributed by atoms with van der Waals surface area (Å²) in [4.78, 5) is 27.9. The number of carbonyl (C=O) groups excluding carboxylic acids is 2. The number of anilines is 1. The van der Waals surface area contributed by atoms with Crippen LogP contribution in [-0.4, -0.2) is 62.7 Å². The molecule has 0 aromatic heterocycles. The first-order chi connectivity index (χ1) is 16.9. The molecule has 0 aliphatic heterocycles. The molecule has 12 heteroatoms. The summed E-state index contributed by atoms with van der Waals surface area (Å²) in [6, 6.07) is 9.19. The molecule has 0 aliphatic rings. The number of amides is 2. The molecular weight excluding hydrogens is 530 g/mol. The number of halogens is 3. The van der Waals surface area contributed by atoms with Crippen LogP contribution in [0.1, 0.15) is 32.3 Å². The summed E-state index contributed by atoms with van der Waals surface area (Å²) in [5.41, 5.74) is 0.310. The minimum absolute atomic E-state index is 0.0408. The Morgan fingerprint density at radius 3 is 2.28 bits per heavy atom. The summed E-state index contributed by atoms with van der Waals surface area (Å²) in [5, 5.41) is 3.39. The second-order valence-corrected chi connectivity index (χ2v) is 11.1. The van der Waals surface area contributed by atoms with Gasteiger partial charge in [-0.3, -0.25) is 9.59 Å². The van der Waals surface area contributed by atoms with Crippen molar-refractivity contribution in [1.82, 2.24) is 14.5 Å². The number of para-hydroxylation sites is 1. The van der Waals surface area contributed by atoms with Crippen molar-refractivity contribution in [1.29, 1.82) is 0 Å². The van der Waals surface area contributed by atoms with Gasteiger partial charge in [0.1, 0.15) is 18.4 Å². The van der Waals surface area contributed by atoms with Crippen molar-refractivity contribution in [3.05, 3.63) is 63.9 Å². The highest BCUT2D eigenvalue weighted by molar-refractivity contribution is 7.90. The van der Waals surface area contributed by atoms with Gasteiger partial charge < -0.3 is 10.2 Å². The van der Waals surface area contributed by atoms with Crippen LogP contribution in [0.4, 0.5) is 10.1 Å². The van der Waals surface area contributed by atoms with Crippen LogP contribution >= 0.6 is 23.2 Å². The fourth-order valence-corrected chi connectivity index (χ4v) is 4.86. The number of carbonyl (C=O) groups is 2. The molecule has 1 atom stereocenters. The van der Waals surface area contributed by atoms with Crippen LogP contribution in [0.3, 0.4) is 0 Å². The second kappa shape index (κ2) is 13.2. The molecule has 0 bridgehead atoms. The lowest BCUT2D eigenvalue weighted by Crippen LogP contribution is -2.53. The zero-order valence-electron chi connectivity index (χ0n) is 20.7. The van der Waals surface area contributed by atoms with Crippen LogP contribution in [0.5, 0.6) is 0 Å². The number of hydrogen-bond donors (Lipinski definition) is 1. The minimum Gasteiger partial charge on any atom is -0.354 e. The first-order valence-corrected chi connectivity index (χ1v) is 13.5. The zero-order chi connectivity index (χ0) is 27.0. The molecule has 0 spiro atoms. The van der Waals surface area contributed by atoms with Crippen molar-refractivity contribution < 1.29 is 22.4 Å². The summed E-state index contributed by atoms with van der Waals surface area (Å²) in [6.07, 6.45) is 0.966. The third-order valence-electron chi connectivity index (χ3n) is 5.41. The SMILES string of the molecule is CCCNC(=O)C(CC)N(Cc1ccc(Cl)c(Cl)c1)C(=O)CN(c1ccccc1F)S(=O)(=O)N(C)C. The highest BCUT2D eigenvalue weighted by Crippen LogP contribution is 2.26. The topological polar surface area (TPSA) is 90.0 Å². The van der Waals surface area contributed by atoms with E-state index in [-0.39, 0.29) is 29.6 Å². The molecule has 1 N–H and O–H groups in total. The van der Waals surface area contributed by atoms with Gasteiger partial charge in [-0.1, -0.05) is 55.2 Å². The maximum absolute atomic E-state index is 14.7. The van der Waals surface area contributed by atoms with Gasteiger partial charge in [-0.05, 0) is 42.7 Å². The normalized spacial score (nSPS) is 12.3. The summed E-state index contributed by atoms with van der Waals surface area (Å²) in [6.45, 7) is 3.30. The fourth-order valence-electron chi connectivity index (χ4n) is 3.48. The van der Waals surface area contributed by atoms with Gasteiger partial charge in [0.25, 0.3) is 0 Å². The average molecular weight is 562 g/mol. The molecule has 0 heterocycles. The van der Waals surface area contributed by atoms with Crippen LogP contribution in [0, 0.1) is 5.82 Å². The van der Waals surface area contributed by atoms with E-state index in [1.807, 2.05) is 6.92 Å². The Hall–Kier alpha value is -2.40. The lowest BCUT2D eigenvalue weighted by Gasteiger charge is -2.34. The predicted octanol–water partition coefficient (Wildman–Crippen LogP) is 4.08. The maximum Gasteiger partial charge on any atom is 0.304 e. The number of rotatable bonds is 12. The van der Waals surface area contributed by atoms with Gasteiger partial charge in [0.2, 0.25) is 11.8 Å². The van der Waals surface area contributed by atoms with E-state index < -0.39 is 34.5 Å².